The van der Waals surface area contributed by atoms with Crippen LogP contribution in [0.5, 0.6) is 23.0 Å². The highest BCUT2D eigenvalue weighted by atomic mass is 35.5. The average Bonchev–Trinajstić information content (AvgIpc) is 3.42. The van der Waals surface area contributed by atoms with Crippen LogP contribution >= 0.6 is 11.6 Å². The van der Waals surface area contributed by atoms with Crippen molar-refractivity contribution < 1.29 is 28.5 Å². The molecule has 0 fully saturated rings. The molecule has 2 N–H and O–H groups in total. The lowest BCUT2D eigenvalue weighted by atomic mass is 10.0. The number of amides is 1. The highest BCUT2D eigenvalue weighted by Gasteiger charge is 2.25. The van der Waals surface area contributed by atoms with Gasteiger partial charge in [0.1, 0.15) is 17.2 Å². The summed E-state index contributed by atoms with van der Waals surface area (Å²) in [6.45, 7) is 0. The van der Waals surface area contributed by atoms with Gasteiger partial charge in [-0.1, -0.05) is 48.0 Å². The zero-order valence-corrected chi connectivity index (χ0v) is 23.7. The summed E-state index contributed by atoms with van der Waals surface area (Å²) < 4.78 is 22.1. The van der Waals surface area contributed by atoms with Crippen LogP contribution in [-0.4, -0.2) is 44.4 Å². The number of H-pyrrole nitrogens is 1. The minimum atomic E-state index is -0.512. The normalized spacial score (nSPS) is 11.0. The molecule has 0 unspecified atom stereocenters. The Morgan fingerprint density at radius 2 is 1.48 bits per heavy atom. The van der Waals surface area contributed by atoms with E-state index in [4.69, 9.17) is 30.5 Å². The number of hydrogen-bond acceptors (Lipinski definition) is 7. The summed E-state index contributed by atoms with van der Waals surface area (Å²) in [5.74, 6) is 0.620. The quantitative estimate of drug-likeness (QED) is 0.0887. The lowest BCUT2D eigenvalue weighted by molar-refractivity contribution is 0.0729. The van der Waals surface area contributed by atoms with Crippen molar-refractivity contribution in [3.05, 3.63) is 107 Å². The molecular formula is C32H26ClN3O6. The molecule has 1 aromatic heterocycles. The summed E-state index contributed by atoms with van der Waals surface area (Å²) in [4.78, 5) is 29.1. The molecule has 9 nitrogen and oxygen atoms in total. The maximum atomic E-state index is 13.5. The van der Waals surface area contributed by atoms with Gasteiger partial charge in [-0.2, -0.15) is 5.10 Å². The van der Waals surface area contributed by atoms with Crippen molar-refractivity contribution in [1.29, 1.82) is 0 Å². The number of carbonyl (C=O) groups is 2. The molecule has 4 aromatic carbocycles. The minimum Gasteiger partial charge on any atom is -0.496 e. The first-order valence-electron chi connectivity index (χ1n) is 12.7. The number of hydrogen-bond donors (Lipinski definition) is 2. The van der Waals surface area contributed by atoms with E-state index in [1.807, 2.05) is 24.3 Å². The number of aromatic amines is 1. The van der Waals surface area contributed by atoms with Crippen LogP contribution in [0, 0.1) is 0 Å². The molecule has 0 aliphatic rings. The van der Waals surface area contributed by atoms with Gasteiger partial charge >= 0.3 is 5.97 Å². The zero-order chi connectivity index (χ0) is 29.6. The van der Waals surface area contributed by atoms with Crippen molar-refractivity contribution in [2.75, 3.05) is 21.3 Å². The van der Waals surface area contributed by atoms with Crippen LogP contribution in [0.3, 0.4) is 0 Å². The Bertz CT molecular complexity index is 1800. The van der Waals surface area contributed by atoms with Gasteiger partial charge in [0.15, 0.2) is 11.5 Å². The second-order valence-corrected chi connectivity index (χ2v) is 9.35. The highest BCUT2D eigenvalue weighted by Crippen LogP contribution is 2.44. The molecule has 5 aromatic rings. The Labute approximate surface area is 246 Å². The van der Waals surface area contributed by atoms with Crippen molar-refractivity contribution in [2.45, 2.75) is 0 Å². The van der Waals surface area contributed by atoms with E-state index in [1.54, 1.807) is 74.9 Å². The van der Waals surface area contributed by atoms with Crippen LogP contribution in [-0.2, 0) is 0 Å². The number of aromatic nitrogens is 1. The summed E-state index contributed by atoms with van der Waals surface area (Å²) in [6, 6.07) is 24.3. The van der Waals surface area contributed by atoms with E-state index in [9.17, 15) is 9.59 Å². The standard InChI is InChI=1S/C32H26ClN3O6/c1-39-24-15-16-25(40-2)29-28(24)27(21-11-7-8-12-22(21)33)30(35-29)31(37)36-34-18-19-13-14-23(26(17-19)41-3)42-32(38)20-9-5-4-6-10-20/h4-18,35H,1-3H3,(H,36,37). The van der Waals surface area contributed by atoms with Crippen LogP contribution in [0.25, 0.3) is 22.0 Å². The monoisotopic (exact) mass is 583 g/mol. The van der Waals surface area contributed by atoms with Crippen LogP contribution in [0.2, 0.25) is 5.02 Å². The Kier molecular flexibility index (Phi) is 8.40. The summed E-state index contributed by atoms with van der Waals surface area (Å²) in [6.07, 6.45) is 1.45. The first-order valence-corrected chi connectivity index (χ1v) is 13.1. The number of methoxy groups -OCH3 is 3. The zero-order valence-electron chi connectivity index (χ0n) is 22.9. The van der Waals surface area contributed by atoms with Crippen molar-refractivity contribution in [1.82, 2.24) is 10.4 Å². The summed E-state index contributed by atoms with van der Waals surface area (Å²) in [5, 5.41) is 5.24. The van der Waals surface area contributed by atoms with E-state index in [-0.39, 0.29) is 11.4 Å². The van der Waals surface area contributed by atoms with Gasteiger partial charge in [-0.3, -0.25) is 4.79 Å². The van der Waals surface area contributed by atoms with Crippen LogP contribution in [0.1, 0.15) is 26.4 Å². The molecular weight excluding hydrogens is 558 g/mol. The fourth-order valence-corrected chi connectivity index (χ4v) is 4.73. The molecule has 1 heterocycles. The predicted octanol–water partition coefficient (Wildman–Crippen LogP) is 6.50. The van der Waals surface area contributed by atoms with Gasteiger partial charge in [0, 0.05) is 16.1 Å². The summed E-state index contributed by atoms with van der Waals surface area (Å²) in [5.41, 5.74) is 5.55. The van der Waals surface area contributed by atoms with E-state index < -0.39 is 11.9 Å². The van der Waals surface area contributed by atoms with Crippen molar-refractivity contribution in [3.8, 4) is 34.1 Å². The number of ether oxygens (including phenoxy) is 4. The van der Waals surface area contributed by atoms with Gasteiger partial charge in [-0.25, -0.2) is 10.2 Å². The van der Waals surface area contributed by atoms with E-state index in [0.717, 1.165) is 0 Å². The predicted molar refractivity (Wildman–Crippen MR) is 161 cm³/mol. The molecule has 0 bridgehead atoms. The third-order valence-corrected chi connectivity index (χ3v) is 6.80. The molecule has 0 spiro atoms. The van der Waals surface area contributed by atoms with Crippen LogP contribution in [0.4, 0.5) is 0 Å². The van der Waals surface area contributed by atoms with Gasteiger partial charge in [0.05, 0.1) is 44.0 Å². The number of nitrogens with one attached hydrogen (secondary N) is 2. The Morgan fingerprint density at radius 3 is 2.19 bits per heavy atom. The number of rotatable bonds is 9. The van der Waals surface area contributed by atoms with Gasteiger partial charge in [0.25, 0.3) is 5.91 Å². The van der Waals surface area contributed by atoms with E-state index >= 15 is 0 Å². The fourth-order valence-electron chi connectivity index (χ4n) is 4.50. The lowest BCUT2D eigenvalue weighted by Crippen LogP contribution is -2.19. The first-order chi connectivity index (χ1) is 20.4. The molecule has 1 amide bonds. The summed E-state index contributed by atoms with van der Waals surface area (Å²) >= 11 is 6.56. The second-order valence-electron chi connectivity index (χ2n) is 8.94. The maximum Gasteiger partial charge on any atom is 0.343 e. The molecule has 0 atom stereocenters. The Hall–Kier alpha value is -5.28. The molecule has 5 rings (SSSR count). The van der Waals surface area contributed by atoms with E-state index in [1.165, 1.54) is 13.3 Å². The number of nitrogens with zero attached hydrogens (tertiary/aromatic N) is 1. The van der Waals surface area contributed by atoms with Crippen LogP contribution < -0.4 is 24.4 Å². The number of carbonyl (C=O) groups excluding carboxylic acids is 2. The topological polar surface area (TPSA) is 111 Å². The number of hydrazone groups is 1. The molecule has 212 valence electrons. The first kappa shape index (κ1) is 28.3. The summed E-state index contributed by atoms with van der Waals surface area (Å²) in [7, 11) is 4.56. The van der Waals surface area contributed by atoms with E-state index in [2.05, 4.69) is 15.5 Å². The number of fused-ring (bicyclic) bond motifs is 1. The van der Waals surface area contributed by atoms with Crippen molar-refractivity contribution >= 4 is 40.6 Å². The van der Waals surface area contributed by atoms with E-state index in [0.29, 0.717) is 55.4 Å². The molecule has 42 heavy (non-hydrogen) atoms. The molecule has 0 saturated carbocycles. The third kappa shape index (κ3) is 5.63. The second kappa shape index (κ2) is 12.5. The highest BCUT2D eigenvalue weighted by molar-refractivity contribution is 6.34. The maximum absolute atomic E-state index is 13.5. The number of benzene rings is 4. The van der Waals surface area contributed by atoms with Gasteiger partial charge in [-0.15, -0.1) is 0 Å². The number of halogens is 1. The van der Waals surface area contributed by atoms with Crippen molar-refractivity contribution in [3.63, 3.8) is 0 Å². The van der Waals surface area contributed by atoms with Gasteiger partial charge < -0.3 is 23.9 Å². The SMILES string of the molecule is COc1cc(C=NNC(=O)c2[nH]c3c(OC)ccc(OC)c3c2-c2ccccc2Cl)ccc1OC(=O)c1ccccc1. The fraction of sp³-hybridized carbons (Fsp3) is 0.0938. The minimum absolute atomic E-state index is 0.221. The lowest BCUT2D eigenvalue weighted by Gasteiger charge is -2.10. The molecule has 10 heteroatoms. The molecule has 0 aliphatic heterocycles. The molecule has 0 saturated heterocycles. The molecule has 0 radical (unpaired) electrons. The Balaban J connectivity index is 1.43. The number of esters is 1. The Morgan fingerprint density at radius 1 is 0.810 bits per heavy atom. The van der Waals surface area contributed by atoms with Gasteiger partial charge in [-0.05, 0) is 54.1 Å². The van der Waals surface area contributed by atoms with Gasteiger partial charge in [0.2, 0.25) is 0 Å². The average molecular weight is 584 g/mol. The smallest absolute Gasteiger partial charge is 0.343 e. The van der Waals surface area contributed by atoms with Crippen molar-refractivity contribution in [2.24, 2.45) is 5.10 Å². The van der Waals surface area contributed by atoms with Crippen LogP contribution in [0.15, 0.2) is 90.0 Å². The largest absolute Gasteiger partial charge is 0.496 e. The molecule has 0 aliphatic carbocycles. The third-order valence-electron chi connectivity index (χ3n) is 6.47.